The second-order valence-electron chi connectivity index (χ2n) is 4.36. The van der Waals surface area contributed by atoms with Gasteiger partial charge in [0.2, 0.25) is 5.95 Å². The summed E-state index contributed by atoms with van der Waals surface area (Å²) >= 11 is 5.16. The lowest BCUT2D eigenvalue weighted by atomic mass is 10.2. The fourth-order valence-electron chi connectivity index (χ4n) is 1.97. The van der Waals surface area contributed by atoms with Crippen molar-refractivity contribution in [2.75, 3.05) is 5.32 Å². The van der Waals surface area contributed by atoms with Crippen molar-refractivity contribution in [2.24, 2.45) is 0 Å². The van der Waals surface area contributed by atoms with Crippen LogP contribution in [0.2, 0.25) is 0 Å². The molecule has 2 atom stereocenters. The molecule has 19 heavy (non-hydrogen) atoms. The van der Waals surface area contributed by atoms with Crippen LogP contribution in [0.3, 0.4) is 0 Å². The molecule has 0 aromatic carbocycles. The lowest BCUT2D eigenvalue weighted by molar-refractivity contribution is 0.597. The van der Waals surface area contributed by atoms with E-state index in [9.17, 15) is 4.39 Å². The highest BCUT2D eigenvalue weighted by molar-refractivity contribution is 7.80. The summed E-state index contributed by atoms with van der Waals surface area (Å²) in [5.41, 5.74) is 0.501. The molecule has 0 bridgehead atoms. The van der Waals surface area contributed by atoms with Gasteiger partial charge in [-0.1, -0.05) is 0 Å². The number of aromatic nitrogens is 3. The molecule has 0 radical (unpaired) electrons. The molecule has 2 heterocycles. The number of halogens is 1. The Hall–Kier alpha value is -2.02. The zero-order valence-electron chi connectivity index (χ0n) is 9.93. The third-order valence-electron chi connectivity index (χ3n) is 2.98. The number of anilines is 1. The monoisotopic (exact) mass is 277 g/mol. The second kappa shape index (κ2) is 4.93. The summed E-state index contributed by atoms with van der Waals surface area (Å²) in [6.07, 6.45) is 5.77. The van der Waals surface area contributed by atoms with Gasteiger partial charge in [-0.3, -0.25) is 4.98 Å². The quantitative estimate of drug-likeness (QED) is 0.746. The Labute approximate surface area is 114 Å². The van der Waals surface area contributed by atoms with Gasteiger partial charge in [0.25, 0.3) is 0 Å². The minimum atomic E-state index is -0.262. The van der Waals surface area contributed by atoms with Gasteiger partial charge in [-0.15, -0.1) is 0 Å². The van der Waals surface area contributed by atoms with Crippen LogP contribution in [0, 0.1) is 5.82 Å². The number of H-pyrrole nitrogens is 1. The Balaban J connectivity index is 1.56. The highest BCUT2D eigenvalue weighted by Crippen LogP contribution is 2.40. The van der Waals surface area contributed by atoms with Crippen LogP contribution in [-0.4, -0.2) is 26.1 Å². The molecule has 98 valence electrons. The maximum Gasteiger partial charge on any atom is 0.206 e. The number of hydrogen-bond acceptors (Lipinski definition) is 3. The molecule has 1 saturated carbocycles. The van der Waals surface area contributed by atoms with E-state index < -0.39 is 0 Å². The summed E-state index contributed by atoms with van der Waals surface area (Å²) in [6.45, 7) is 0. The van der Waals surface area contributed by atoms with Crippen LogP contribution in [0.5, 0.6) is 0 Å². The minimum Gasteiger partial charge on any atom is -0.359 e. The van der Waals surface area contributed by atoms with Crippen molar-refractivity contribution in [1.29, 1.82) is 0 Å². The average Bonchev–Trinajstić information content (AvgIpc) is 2.94. The fraction of sp³-hybridized carbons (Fsp3) is 0.250. The van der Waals surface area contributed by atoms with E-state index in [1.807, 2.05) is 0 Å². The van der Waals surface area contributed by atoms with Crippen LogP contribution >= 0.6 is 12.2 Å². The highest BCUT2D eigenvalue weighted by Gasteiger charge is 2.41. The summed E-state index contributed by atoms with van der Waals surface area (Å²) in [5.74, 6) is 0.401. The first-order valence-corrected chi connectivity index (χ1v) is 6.32. The van der Waals surface area contributed by atoms with Crippen LogP contribution in [0.1, 0.15) is 18.0 Å². The second-order valence-corrected chi connectivity index (χ2v) is 4.76. The Morgan fingerprint density at radius 3 is 3.05 bits per heavy atom. The standard InChI is InChI=1S/C12H12FN5S/c13-8-2-1-3-14-10(8)7-6-9(7)17-12(19)18-11-15-4-5-16-11/h1-5,7,9H,6H2,(H3,15,16,17,18,19). The van der Waals surface area contributed by atoms with Crippen molar-refractivity contribution < 1.29 is 4.39 Å². The van der Waals surface area contributed by atoms with Gasteiger partial charge in [0.05, 0.1) is 5.69 Å². The lowest BCUT2D eigenvalue weighted by Crippen LogP contribution is -2.31. The summed E-state index contributed by atoms with van der Waals surface area (Å²) in [4.78, 5) is 11.0. The molecule has 1 aliphatic carbocycles. The Kier molecular flexibility index (Phi) is 3.12. The van der Waals surface area contributed by atoms with Crippen molar-refractivity contribution >= 4 is 23.3 Å². The molecule has 1 aliphatic rings. The molecule has 2 unspecified atom stereocenters. The maximum atomic E-state index is 13.5. The van der Waals surface area contributed by atoms with Gasteiger partial charge in [-0.05, 0) is 30.8 Å². The third kappa shape index (κ3) is 2.70. The molecule has 2 aromatic rings. The first-order chi connectivity index (χ1) is 9.24. The number of aromatic amines is 1. The van der Waals surface area contributed by atoms with E-state index >= 15 is 0 Å². The van der Waals surface area contributed by atoms with Crippen molar-refractivity contribution in [1.82, 2.24) is 20.3 Å². The van der Waals surface area contributed by atoms with E-state index in [1.54, 1.807) is 24.7 Å². The van der Waals surface area contributed by atoms with Crippen molar-refractivity contribution in [3.63, 3.8) is 0 Å². The molecule has 3 rings (SSSR count). The minimum absolute atomic E-state index is 0.0811. The molecule has 7 heteroatoms. The van der Waals surface area contributed by atoms with E-state index in [0.29, 0.717) is 16.8 Å². The van der Waals surface area contributed by atoms with E-state index in [0.717, 1.165) is 6.42 Å². The fourth-order valence-corrected chi connectivity index (χ4v) is 2.22. The van der Waals surface area contributed by atoms with Gasteiger partial charge in [-0.25, -0.2) is 9.37 Å². The number of pyridine rings is 1. The molecule has 3 N–H and O–H groups in total. The lowest BCUT2D eigenvalue weighted by Gasteiger charge is -2.08. The SMILES string of the molecule is Fc1cccnc1C1CC1NC(=S)Nc1ncc[nH]1. The molecule has 5 nitrogen and oxygen atoms in total. The summed E-state index contributed by atoms with van der Waals surface area (Å²) in [5, 5.41) is 6.51. The van der Waals surface area contributed by atoms with E-state index in [1.165, 1.54) is 6.07 Å². The zero-order valence-corrected chi connectivity index (χ0v) is 10.7. The number of imidazole rings is 1. The molecule has 0 aliphatic heterocycles. The van der Waals surface area contributed by atoms with Gasteiger partial charge in [0, 0.05) is 30.6 Å². The van der Waals surface area contributed by atoms with Gasteiger partial charge < -0.3 is 15.6 Å². The number of nitrogens with one attached hydrogen (secondary N) is 3. The van der Waals surface area contributed by atoms with Crippen LogP contribution in [0.25, 0.3) is 0 Å². The highest BCUT2D eigenvalue weighted by atomic mass is 32.1. The first kappa shape index (κ1) is 12.0. The van der Waals surface area contributed by atoms with E-state index in [-0.39, 0.29) is 17.8 Å². The normalized spacial score (nSPS) is 20.9. The van der Waals surface area contributed by atoms with Gasteiger partial charge >= 0.3 is 0 Å². The molecule has 0 saturated heterocycles. The molecule has 0 amide bonds. The average molecular weight is 277 g/mol. The van der Waals surface area contributed by atoms with Gasteiger partial charge in [-0.2, -0.15) is 0 Å². The number of hydrogen-bond donors (Lipinski definition) is 3. The van der Waals surface area contributed by atoms with Crippen LogP contribution < -0.4 is 10.6 Å². The van der Waals surface area contributed by atoms with Gasteiger partial charge in [0.15, 0.2) is 5.11 Å². The number of thiocarbonyl (C=S) groups is 1. The first-order valence-electron chi connectivity index (χ1n) is 5.91. The molecule has 0 spiro atoms. The predicted octanol–water partition coefficient (Wildman–Crippen LogP) is 1.79. The number of nitrogens with zero attached hydrogens (tertiary/aromatic N) is 2. The van der Waals surface area contributed by atoms with Crippen LogP contribution in [0.4, 0.5) is 10.3 Å². The van der Waals surface area contributed by atoms with Crippen molar-refractivity contribution in [3.05, 3.63) is 42.2 Å². The number of rotatable bonds is 3. The van der Waals surface area contributed by atoms with Gasteiger partial charge in [0.1, 0.15) is 5.82 Å². The molecule has 1 fully saturated rings. The Bertz CT molecular complexity index is 586. The summed E-state index contributed by atoms with van der Waals surface area (Å²) in [6, 6.07) is 3.14. The van der Waals surface area contributed by atoms with Crippen LogP contribution in [0.15, 0.2) is 30.7 Å². The van der Waals surface area contributed by atoms with E-state index in [4.69, 9.17) is 12.2 Å². The molecular weight excluding hydrogens is 265 g/mol. The Morgan fingerprint density at radius 1 is 1.42 bits per heavy atom. The van der Waals surface area contributed by atoms with Crippen molar-refractivity contribution in [3.8, 4) is 0 Å². The largest absolute Gasteiger partial charge is 0.359 e. The molecule has 2 aromatic heterocycles. The summed E-state index contributed by atoms with van der Waals surface area (Å²) in [7, 11) is 0. The molecular formula is C12H12FN5S. The van der Waals surface area contributed by atoms with E-state index in [2.05, 4.69) is 25.6 Å². The predicted molar refractivity (Wildman–Crippen MR) is 73.3 cm³/mol. The zero-order chi connectivity index (χ0) is 13.2. The maximum absolute atomic E-state index is 13.5. The Morgan fingerprint density at radius 2 is 2.32 bits per heavy atom. The topological polar surface area (TPSA) is 65.6 Å². The third-order valence-corrected chi connectivity index (χ3v) is 3.20. The smallest absolute Gasteiger partial charge is 0.206 e. The van der Waals surface area contributed by atoms with Crippen molar-refractivity contribution in [2.45, 2.75) is 18.4 Å². The summed E-state index contributed by atoms with van der Waals surface area (Å²) < 4.78 is 13.5. The van der Waals surface area contributed by atoms with Crippen LogP contribution in [-0.2, 0) is 0 Å².